The molecule has 1 aliphatic carbocycles. The fourth-order valence-electron chi connectivity index (χ4n) is 4.58. The summed E-state index contributed by atoms with van der Waals surface area (Å²) in [7, 11) is 1.87. The van der Waals surface area contributed by atoms with Crippen molar-refractivity contribution in [1.29, 1.82) is 0 Å². The molecule has 1 saturated heterocycles. The summed E-state index contributed by atoms with van der Waals surface area (Å²) in [4.78, 5) is 15.4. The predicted molar refractivity (Wildman–Crippen MR) is 102 cm³/mol. The number of hydrogen-bond acceptors (Lipinski definition) is 5. The average molecular weight is 371 g/mol. The lowest BCUT2D eigenvalue weighted by Crippen LogP contribution is -2.56. The zero-order valence-corrected chi connectivity index (χ0v) is 16.3. The van der Waals surface area contributed by atoms with Crippen LogP contribution in [0.25, 0.3) is 11.3 Å². The molecule has 0 bridgehead atoms. The molecular weight excluding hydrogens is 342 g/mol. The molecule has 2 aromatic rings. The SMILES string of the molecule is Cc1nn(C)cc1-c1cc(C(=O)NC2(CN3CCCC3)CCCCC2)on1. The van der Waals surface area contributed by atoms with Gasteiger partial charge < -0.3 is 14.7 Å². The summed E-state index contributed by atoms with van der Waals surface area (Å²) in [5.41, 5.74) is 2.28. The minimum Gasteiger partial charge on any atom is -0.350 e. The fourth-order valence-corrected chi connectivity index (χ4v) is 4.58. The van der Waals surface area contributed by atoms with E-state index < -0.39 is 0 Å². The Hall–Kier alpha value is -2.15. The molecule has 27 heavy (non-hydrogen) atoms. The van der Waals surface area contributed by atoms with Gasteiger partial charge in [0.2, 0.25) is 5.76 Å². The molecule has 0 spiro atoms. The number of nitrogens with one attached hydrogen (secondary N) is 1. The first-order valence-corrected chi connectivity index (χ1v) is 10.1. The molecule has 2 aliphatic rings. The predicted octanol–water partition coefficient (Wildman–Crippen LogP) is 2.91. The van der Waals surface area contributed by atoms with Crippen molar-refractivity contribution < 1.29 is 9.32 Å². The smallest absolute Gasteiger partial charge is 0.290 e. The summed E-state index contributed by atoms with van der Waals surface area (Å²) >= 11 is 0. The Kier molecular flexibility index (Phi) is 5.04. The maximum atomic E-state index is 12.9. The lowest BCUT2D eigenvalue weighted by Gasteiger charge is -2.40. The monoisotopic (exact) mass is 371 g/mol. The quantitative estimate of drug-likeness (QED) is 0.874. The van der Waals surface area contributed by atoms with Crippen LogP contribution in [0.5, 0.6) is 0 Å². The number of carbonyl (C=O) groups excluding carboxylic acids is 1. The first-order chi connectivity index (χ1) is 13.0. The Morgan fingerprint density at radius 2 is 1.96 bits per heavy atom. The number of aryl methyl sites for hydroxylation is 2. The molecule has 1 saturated carbocycles. The van der Waals surface area contributed by atoms with Crippen molar-refractivity contribution in [2.45, 2.75) is 57.4 Å². The van der Waals surface area contributed by atoms with Crippen molar-refractivity contribution in [2.24, 2.45) is 7.05 Å². The second kappa shape index (κ2) is 7.46. The molecule has 0 atom stereocenters. The van der Waals surface area contributed by atoms with Crippen LogP contribution in [-0.2, 0) is 7.05 Å². The van der Waals surface area contributed by atoms with E-state index in [1.54, 1.807) is 10.7 Å². The highest BCUT2D eigenvalue weighted by atomic mass is 16.5. The van der Waals surface area contributed by atoms with Crippen molar-refractivity contribution in [2.75, 3.05) is 19.6 Å². The molecule has 2 fully saturated rings. The topological polar surface area (TPSA) is 76.2 Å². The van der Waals surface area contributed by atoms with E-state index in [1.807, 2.05) is 20.2 Å². The van der Waals surface area contributed by atoms with Gasteiger partial charge in [-0.15, -0.1) is 0 Å². The van der Waals surface area contributed by atoms with Gasteiger partial charge in [-0.1, -0.05) is 24.4 Å². The number of carbonyl (C=O) groups is 1. The third-order valence-electron chi connectivity index (χ3n) is 5.94. The number of aromatic nitrogens is 3. The van der Waals surface area contributed by atoms with Crippen LogP contribution >= 0.6 is 0 Å². The van der Waals surface area contributed by atoms with E-state index in [-0.39, 0.29) is 17.2 Å². The molecule has 0 radical (unpaired) electrons. The Balaban J connectivity index is 1.50. The van der Waals surface area contributed by atoms with Crippen molar-refractivity contribution in [1.82, 2.24) is 25.2 Å². The summed E-state index contributed by atoms with van der Waals surface area (Å²) in [6.07, 6.45) is 10.1. The highest BCUT2D eigenvalue weighted by Crippen LogP contribution is 2.31. The highest BCUT2D eigenvalue weighted by Gasteiger charge is 2.37. The molecule has 1 aliphatic heterocycles. The van der Waals surface area contributed by atoms with Crippen LogP contribution in [0.15, 0.2) is 16.8 Å². The van der Waals surface area contributed by atoms with Crippen LogP contribution in [0.1, 0.15) is 61.2 Å². The van der Waals surface area contributed by atoms with Gasteiger partial charge in [-0.05, 0) is 45.7 Å². The zero-order valence-electron chi connectivity index (χ0n) is 16.3. The van der Waals surface area contributed by atoms with Crippen molar-refractivity contribution in [3.63, 3.8) is 0 Å². The van der Waals surface area contributed by atoms with E-state index in [4.69, 9.17) is 4.52 Å². The molecule has 3 heterocycles. The molecule has 1 N–H and O–H groups in total. The standard InChI is InChI=1S/C20H29N5O2/c1-15-16(13-24(2)22-15)17-12-18(27-23-17)19(26)21-20(8-4-3-5-9-20)14-25-10-6-7-11-25/h12-13H,3-11,14H2,1-2H3,(H,21,26). The molecule has 146 valence electrons. The Morgan fingerprint density at radius 3 is 2.63 bits per heavy atom. The van der Waals surface area contributed by atoms with Gasteiger partial charge in [0.1, 0.15) is 5.69 Å². The number of rotatable bonds is 5. The van der Waals surface area contributed by atoms with Crippen molar-refractivity contribution in [3.05, 3.63) is 23.7 Å². The van der Waals surface area contributed by atoms with Crippen LogP contribution in [0.3, 0.4) is 0 Å². The molecule has 7 nitrogen and oxygen atoms in total. The fraction of sp³-hybridized carbons (Fsp3) is 0.650. The molecule has 2 aromatic heterocycles. The highest BCUT2D eigenvalue weighted by molar-refractivity contribution is 5.93. The number of amides is 1. The first kappa shape index (κ1) is 18.2. The van der Waals surface area contributed by atoms with Crippen LogP contribution in [0.2, 0.25) is 0 Å². The minimum absolute atomic E-state index is 0.142. The van der Waals surface area contributed by atoms with Crippen LogP contribution in [0, 0.1) is 6.92 Å². The maximum Gasteiger partial charge on any atom is 0.290 e. The van der Waals surface area contributed by atoms with Crippen LogP contribution in [0.4, 0.5) is 0 Å². The van der Waals surface area contributed by atoms with Gasteiger partial charge in [0.25, 0.3) is 5.91 Å². The summed E-state index contributed by atoms with van der Waals surface area (Å²) in [6, 6.07) is 1.73. The second-order valence-corrected chi connectivity index (χ2v) is 8.16. The summed E-state index contributed by atoms with van der Waals surface area (Å²) in [5, 5.41) is 11.8. The van der Waals surface area contributed by atoms with Gasteiger partial charge in [0, 0.05) is 31.4 Å². The largest absolute Gasteiger partial charge is 0.350 e. The molecule has 0 unspecified atom stereocenters. The summed E-state index contributed by atoms with van der Waals surface area (Å²) in [6.45, 7) is 5.16. The van der Waals surface area contributed by atoms with E-state index >= 15 is 0 Å². The Labute approximate surface area is 160 Å². The Bertz CT molecular complexity index is 797. The van der Waals surface area contributed by atoms with Crippen molar-refractivity contribution in [3.8, 4) is 11.3 Å². The number of hydrogen-bond donors (Lipinski definition) is 1. The minimum atomic E-state index is -0.156. The second-order valence-electron chi connectivity index (χ2n) is 8.16. The summed E-state index contributed by atoms with van der Waals surface area (Å²) in [5.74, 6) is 0.121. The third-order valence-corrected chi connectivity index (χ3v) is 5.94. The van der Waals surface area contributed by atoms with E-state index in [9.17, 15) is 4.79 Å². The van der Waals surface area contributed by atoms with E-state index in [0.29, 0.717) is 5.69 Å². The van der Waals surface area contributed by atoms with Gasteiger partial charge in [0.15, 0.2) is 0 Å². The normalized spacial score (nSPS) is 20.1. The van der Waals surface area contributed by atoms with E-state index in [1.165, 1.54) is 32.1 Å². The molecule has 1 amide bonds. The van der Waals surface area contributed by atoms with Crippen LogP contribution in [-0.4, -0.2) is 50.9 Å². The van der Waals surface area contributed by atoms with Gasteiger partial charge in [-0.3, -0.25) is 9.48 Å². The molecular formula is C20H29N5O2. The van der Waals surface area contributed by atoms with E-state index in [2.05, 4.69) is 20.5 Å². The van der Waals surface area contributed by atoms with Crippen LogP contribution < -0.4 is 5.32 Å². The zero-order chi connectivity index (χ0) is 18.9. The Morgan fingerprint density at radius 1 is 1.22 bits per heavy atom. The first-order valence-electron chi connectivity index (χ1n) is 10.1. The molecule has 4 rings (SSSR count). The van der Waals surface area contributed by atoms with Gasteiger partial charge in [-0.25, -0.2) is 0 Å². The number of likely N-dealkylation sites (tertiary alicyclic amines) is 1. The number of nitrogens with zero attached hydrogens (tertiary/aromatic N) is 4. The van der Waals surface area contributed by atoms with Gasteiger partial charge >= 0.3 is 0 Å². The maximum absolute atomic E-state index is 12.9. The lowest BCUT2D eigenvalue weighted by molar-refractivity contribution is 0.0786. The summed E-state index contributed by atoms with van der Waals surface area (Å²) < 4.78 is 7.13. The van der Waals surface area contributed by atoms with Crippen molar-refractivity contribution >= 4 is 5.91 Å². The molecule has 0 aromatic carbocycles. The van der Waals surface area contributed by atoms with Gasteiger partial charge in [-0.2, -0.15) is 5.10 Å². The lowest BCUT2D eigenvalue weighted by atomic mass is 9.81. The van der Waals surface area contributed by atoms with E-state index in [0.717, 1.165) is 43.7 Å². The molecule has 7 heteroatoms. The average Bonchev–Trinajstić information content (AvgIpc) is 3.37. The third kappa shape index (κ3) is 3.93. The van der Waals surface area contributed by atoms with Gasteiger partial charge in [0.05, 0.1) is 11.2 Å².